The summed E-state index contributed by atoms with van der Waals surface area (Å²) in [7, 11) is 2.94. The van der Waals surface area contributed by atoms with Crippen LogP contribution in [0.5, 0.6) is 17.2 Å². The van der Waals surface area contributed by atoms with Crippen LogP contribution in [0.15, 0.2) is 72.3 Å². The lowest BCUT2D eigenvalue weighted by atomic mass is 9.57. The fraction of sp³-hybridized carbons (Fsp3) is 0.294. The van der Waals surface area contributed by atoms with Crippen LogP contribution in [0, 0.1) is 36.7 Å². The monoisotopic (exact) mass is 830 g/mol. The Bertz CT molecular complexity index is 1760. The average Bonchev–Trinajstić information content (AvgIpc) is 3.44. The van der Waals surface area contributed by atoms with E-state index < -0.39 is 35.5 Å². The average molecular weight is 830 g/mol. The Kier molecular flexibility index (Phi) is 7.66. The third kappa shape index (κ3) is 4.67. The van der Waals surface area contributed by atoms with Crippen molar-refractivity contribution in [1.29, 1.82) is 0 Å². The number of anilines is 2. The minimum atomic E-state index is -0.803. The molecule has 0 radical (unpaired) electrons. The molecule has 4 aliphatic rings. The summed E-state index contributed by atoms with van der Waals surface area (Å²) in [6, 6.07) is 17.4. The van der Waals surface area contributed by atoms with E-state index in [1.165, 1.54) is 36.2 Å². The first kappa shape index (κ1) is 30.2. The molecular formula is C34H28I2N2O7. The minimum absolute atomic E-state index is 0.0758. The summed E-state index contributed by atoms with van der Waals surface area (Å²) in [5.41, 5.74) is 2.34. The van der Waals surface area contributed by atoms with E-state index in [4.69, 9.17) is 9.47 Å². The second kappa shape index (κ2) is 11.4. The summed E-state index contributed by atoms with van der Waals surface area (Å²) >= 11 is 4.35. The quantitative estimate of drug-likeness (QED) is 0.201. The summed E-state index contributed by atoms with van der Waals surface area (Å²) in [6.45, 7) is 0. The Labute approximate surface area is 286 Å². The van der Waals surface area contributed by atoms with Crippen molar-refractivity contribution in [3.05, 3.63) is 85.0 Å². The van der Waals surface area contributed by atoms with Crippen LogP contribution in [0.2, 0.25) is 0 Å². The van der Waals surface area contributed by atoms with Crippen LogP contribution >= 0.6 is 45.2 Å². The predicted molar refractivity (Wildman–Crippen MR) is 182 cm³/mol. The number of imide groups is 2. The number of phenolic OH excluding ortho intramolecular Hbond substituents is 1. The lowest BCUT2D eigenvalue weighted by molar-refractivity contribution is -0.126. The van der Waals surface area contributed by atoms with Gasteiger partial charge in [-0.3, -0.25) is 29.0 Å². The smallest absolute Gasteiger partial charge is 0.238 e. The van der Waals surface area contributed by atoms with E-state index >= 15 is 0 Å². The van der Waals surface area contributed by atoms with E-state index in [1.54, 1.807) is 24.3 Å². The number of carbonyl (C=O) groups is 4. The van der Waals surface area contributed by atoms with Crippen molar-refractivity contribution in [2.75, 3.05) is 24.0 Å². The lowest BCUT2D eigenvalue weighted by Gasteiger charge is -2.44. The third-order valence-corrected chi connectivity index (χ3v) is 11.1. The molecule has 2 heterocycles. The fourth-order valence-electron chi connectivity index (χ4n) is 7.83. The molecule has 6 atom stereocenters. The van der Waals surface area contributed by atoms with Crippen LogP contribution in [-0.2, 0) is 19.2 Å². The van der Waals surface area contributed by atoms with Crippen molar-refractivity contribution < 1.29 is 33.8 Å². The molecular weight excluding hydrogens is 802 g/mol. The van der Waals surface area contributed by atoms with Gasteiger partial charge >= 0.3 is 0 Å². The van der Waals surface area contributed by atoms with E-state index in [0.717, 1.165) is 12.7 Å². The fourth-order valence-corrected chi connectivity index (χ4v) is 8.55. The highest BCUT2D eigenvalue weighted by Gasteiger charge is 2.63. The number of rotatable bonds is 5. The van der Waals surface area contributed by atoms with E-state index in [0.29, 0.717) is 34.9 Å². The van der Waals surface area contributed by atoms with E-state index in [1.807, 2.05) is 30.3 Å². The Balaban J connectivity index is 1.38. The van der Waals surface area contributed by atoms with Gasteiger partial charge in [0.05, 0.1) is 49.3 Å². The van der Waals surface area contributed by atoms with Crippen LogP contribution in [0.25, 0.3) is 0 Å². The van der Waals surface area contributed by atoms with Crippen molar-refractivity contribution >= 4 is 80.2 Å². The zero-order valence-corrected chi connectivity index (χ0v) is 28.6. The van der Waals surface area contributed by atoms with E-state index in [-0.39, 0.29) is 35.8 Å². The molecule has 11 heteroatoms. The molecule has 1 saturated carbocycles. The summed E-state index contributed by atoms with van der Waals surface area (Å²) in [5.74, 6) is -4.68. The highest BCUT2D eigenvalue weighted by Crippen LogP contribution is 2.61. The molecule has 2 aliphatic heterocycles. The maximum absolute atomic E-state index is 14.4. The van der Waals surface area contributed by atoms with Crippen LogP contribution in [-0.4, -0.2) is 43.0 Å². The standard InChI is InChI=1S/C34H28I2N2O7/c1-44-25-13-20(39)14-26(45-2)30(25)28-21-11-12-22-27(33(42)37(31(22)40)18-7-3-16(35)4-8-18)23(21)15-24-29(28)34(43)38(32(24)41)19-9-5-17(36)6-10-19/h3-11,13-14,22-24,27-29,39H,12,15H2,1-2H3. The minimum Gasteiger partial charge on any atom is -0.508 e. The molecule has 45 heavy (non-hydrogen) atoms. The van der Waals surface area contributed by atoms with Crippen molar-refractivity contribution in [3.8, 4) is 17.2 Å². The highest BCUT2D eigenvalue weighted by molar-refractivity contribution is 14.1. The molecule has 9 nitrogen and oxygen atoms in total. The largest absolute Gasteiger partial charge is 0.508 e. The molecule has 1 N–H and O–H groups in total. The van der Waals surface area contributed by atoms with Gasteiger partial charge in [0, 0.05) is 30.8 Å². The first-order chi connectivity index (χ1) is 21.6. The van der Waals surface area contributed by atoms with Gasteiger partial charge in [0.2, 0.25) is 23.6 Å². The number of benzene rings is 3. The number of carbonyl (C=O) groups excluding carboxylic acids is 4. The summed E-state index contributed by atoms with van der Waals surface area (Å²) in [4.78, 5) is 59.1. The molecule has 2 saturated heterocycles. The van der Waals surface area contributed by atoms with Crippen LogP contribution < -0.4 is 19.3 Å². The summed E-state index contributed by atoms with van der Waals surface area (Å²) in [6.07, 6.45) is 2.55. The maximum atomic E-state index is 14.4. The predicted octanol–water partition coefficient (Wildman–Crippen LogP) is 5.66. The Morgan fingerprint density at radius 1 is 0.689 bits per heavy atom. The number of ether oxygens (including phenoxy) is 2. The number of nitrogens with zero attached hydrogens (tertiary/aromatic N) is 2. The second-order valence-corrected chi connectivity index (χ2v) is 14.3. The Morgan fingerprint density at radius 3 is 1.69 bits per heavy atom. The first-order valence-electron chi connectivity index (χ1n) is 14.6. The van der Waals surface area contributed by atoms with Crippen molar-refractivity contribution in [2.45, 2.75) is 18.8 Å². The number of aromatic hydroxyl groups is 1. The van der Waals surface area contributed by atoms with Crippen molar-refractivity contribution in [1.82, 2.24) is 0 Å². The molecule has 3 aromatic carbocycles. The van der Waals surface area contributed by atoms with Gasteiger partial charge in [-0.2, -0.15) is 0 Å². The SMILES string of the molecule is COc1cc(O)cc(OC)c1C1C2=CCC3C(=O)N(c4ccc(I)cc4)C(=O)C3C2CC2C(=O)N(c3ccc(I)cc3)C(=O)C21. The van der Waals surface area contributed by atoms with Crippen LogP contribution in [0.1, 0.15) is 24.3 Å². The van der Waals surface area contributed by atoms with Gasteiger partial charge in [-0.1, -0.05) is 11.6 Å². The number of hydrogen-bond acceptors (Lipinski definition) is 7. The number of amides is 4. The number of hydrogen-bond donors (Lipinski definition) is 1. The van der Waals surface area contributed by atoms with Gasteiger partial charge in [0.1, 0.15) is 17.2 Å². The van der Waals surface area contributed by atoms with Crippen molar-refractivity contribution in [2.24, 2.45) is 29.6 Å². The molecule has 2 aliphatic carbocycles. The van der Waals surface area contributed by atoms with Gasteiger partial charge in [-0.25, -0.2) is 0 Å². The molecule has 3 aromatic rings. The molecule has 7 rings (SSSR count). The van der Waals surface area contributed by atoms with Gasteiger partial charge in [0.25, 0.3) is 0 Å². The van der Waals surface area contributed by atoms with Gasteiger partial charge in [-0.15, -0.1) is 0 Å². The molecule has 4 amide bonds. The molecule has 0 bridgehead atoms. The molecule has 0 aromatic heterocycles. The number of phenols is 1. The van der Waals surface area contributed by atoms with Gasteiger partial charge in [-0.05, 0) is 112 Å². The summed E-state index contributed by atoms with van der Waals surface area (Å²) in [5, 5.41) is 10.5. The third-order valence-electron chi connectivity index (χ3n) is 9.66. The Morgan fingerprint density at radius 2 is 1.18 bits per heavy atom. The second-order valence-electron chi connectivity index (χ2n) is 11.8. The molecule has 230 valence electrons. The number of allylic oxidation sites excluding steroid dienone is 2. The first-order valence-corrected chi connectivity index (χ1v) is 16.7. The number of fused-ring (bicyclic) bond motifs is 4. The number of methoxy groups -OCH3 is 2. The summed E-state index contributed by atoms with van der Waals surface area (Å²) < 4.78 is 13.4. The lowest BCUT2D eigenvalue weighted by Crippen LogP contribution is -2.43. The Hall–Kier alpha value is -3.46. The molecule has 0 spiro atoms. The van der Waals surface area contributed by atoms with E-state index in [9.17, 15) is 24.3 Å². The van der Waals surface area contributed by atoms with Crippen LogP contribution in [0.4, 0.5) is 11.4 Å². The maximum Gasteiger partial charge on any atom is 0.238 e. The van der Waals surface area contributed by atoms with Gasteiger partial charge < -0.3 is 14.6 Å². The molecule has 3 fully saturated rings. The van der Waals surface area contributed by atoms with Crippen molar-refractivity contribution in [3.63, 3.8) is 0 Å². The zero-order chi connectivity index (χ0) is 31.7. The van der Waals surface area contributed by atoms with Gasteiger partial charge in [0.15, 0.2) is 0 Å². The number of halogens is 2. The normalized spacial score (nSPS) is 27.2. The topological polar surface area (TPSA) is 113 Å². The van der Waals surface area contributed by atoms with E-state index in [2.05, 4.69) is 45.2 Å². The highest BCUT2D eigenvalue weighted by atomic mass is 127. The van der Waals surface area contributed by atoms with Crippen LogP contribution in [0.3, 0.4) is 0 Å². The zero-order valence-electron chi connectivity index (χ0n) is 24.3. The molecule has 6 unspecified atom stereocenters.